The molecule has 0 saturated heterocycles. The second kappa shape index (κ2) is 3.87. The lowest BCUT2D eigenvalue weighted by molar-refractivity contribution is 0.153. The van der Waals surface area contributed by atoms with E-state index < -0.39 is 6.43 Å². The fraction of sp³-hybridized carbons (Fsp3) is 0.111. The molecule has 1 aromatic carbocycles. The van der Waals surface area contributed by atoms with Gasteiger partial charge in [0.2, 0.25) is 0 Å². The SMILES string of the molecule is FC(F)c1csc2ccc(Br)c(Br)c12. The van der Waals surface area contributed by atoms with Crippen molar-refractivity contribution in [3.05, 3.63) is 32.0 Å². The maximum absolute atomic E-state index is 12.6. The summed E-state index contributed by atoms with van der Waals surface area (Å²) >= 11 is 7.94. The first-order valence-corrected chi connectivity index (χ1v) is 6.21. The number of thiophene rings is 1. The second-order valence-electron chi connectivity index (χ2n) is 2.73. The van der Waals surface area contributed by atoms with Crippen LogP contribution in [0.1, 0.15) is 12.0 Å². The Hall–Kier alpha value is -0.000000000000000111. The molecule has 0 nitrogen and oxygen atoms in total. The molecule has 0 radical (unpaired) electrons. The third-order valence-electron chi connectivity index (χ3n) is 1.89. The highest BCUT2D eigenvalue weighted by Crippen LogP contribution is 2.40. The van der Waals surface area contributed by atoms with E-state index in [9.17, 15) is 8.78 Å². The van der Waals surface area contributed by atoms with Crippen molar-refractivity contribution in [1.29, 1.82) is 0 Å². The third-order valence-corrected chi connectivity index (χ3v) is 4.88. The van der Waals surface area contributed by atoms with Crippen LogP contribution in [0.3, 0.4) is 0 Å². The van der Waals surface area contributed by atoms with E-state index >= 15 is 0 Å². The van der Waals surface area contributed by atoms with Crippen LogP contribution in [0.4, 0.5) is 8.78 Å². The van der Waals surface area contributed by atoms with Gasteiger partial charge >= 0.3 is 0 Å². The van der Waals surface area contributed by atoms with Gasteiger partial charge in [-0.05, 0) is 44.0 Å². The van der Waals surface area contributed by atoms with Gasteiger partial charge in [0.15, 0.2) is 0 Å². The van der Waals surface area contributed by atoms with E-state index in [4.69, 9.17) is 0 Å². The number of hydrogen-bond acceptors (Lipinski definition) is 1. The zero-order valence-corrected chi connectivity index (χ0v) is 10.7. The second-order valence-corrected chi connectivity index (χ2v) is 5.28. The summed E-state index contributed by atoms with van der Waals surface area (Å²) in [5.41, 5.74) is 0.0955. The van der Waals surface area contributed by atoms with Gasteiger partial charge in [0, 0.05) is 30.0 Å². The van der Waals surface area contributed by atoms with Crippen LogP contribution in [0, 0.1) is 0 Å². The molecule has 0 saturated carbocycles. The van der Waals surface area contributed by atoms with Crippen LogP contribution >= 0.6 is 43.2 Å². The number of benzene rings is 1. The summed E-state index contributed by atoms with van der Waals surface area (Å²) in [5.74, 6) is 0. The minimum Gasteiger partial charge on any atom is -0.205 e. The predicted molar refractivity (Wildman–Crippen MR) is 62.2 cm³/mol. The van der Waals surface area contributed by atoms with Crippen molar-refractivity contribution < 1.29 is 8.78 Å². The molecule has 0 atom stereocenters. The van der Waals surface area contributed by atoms with E-state index in [1.165, 1.54) is 16.7 Å². The Bertz CT molecular complexity index is 479. The number of halogens is 4. The van der Waals surface area contributed by atoms with E-state index in [0.29, 0.717) is 9.86 Å². The summed E-state index contributed by atoms with van der Waals surface area (Å²) in [5, 5.41) is 2.12. The van der Waals surface area contributed by atoms with Crippen LogP contribution in [0.15, 0.2) is 26.5 Å². The molecule has 0 spiro atoms. The zero-order chi connectivity index (χ0) is 10.3. The van der Waals surface area contributed by atoms with E-state index in [2.05, 4.69) is 31.9 Å². The molecule has 2 rings (SSSR count). The lowest BCUT2D eigenvalue weighted by Gasteiger charge is -2.01. The first-order chi connectivity index (χ1) is 6.61. The fourth-order valence-corrected chi connectivity index (χ4v) is 3.24. The molecule has 2 aromatic rings. The molecule has 0 fully saturated rings. The third kappa shape index (κ3) is 1.61. The number of alkyl halides is 2. The molecule has 74 valence electrons. The average Bonchev–Trinajstić information content (AvgIpc) is 2.55. The van der Waals surface area contributed by atoms with Crippen LogP contribution in [0.5, 0.6) is 0 Å². The Kier molecular flexibility index (Phi) is 2.91. The lowest BCUT2D eigenvalue weighted by Crippen LogP contribution is -1.81. The maximum Gasteiger partial charge on any atom is 0.265 e. The van der Waals surface area contributed by atoms with Crippen LogP contribution in [-0.4, -0.2) is 0 Å². The molecular formula is C9H4Br2F2S. The first kappa shape index (κ1) is 10.5. The van der Waals surface area contributed by atoms with Crippen molar-refractivity contribution >= 4 is 53.3 Å². The van der Waals surface area contributed by atoms with E-state index in [-0.39, 0.29) is 5.56 Å². The molecule has 0 unspecified atom stereocenters. The van der Waals surface area contributed by atoms with Crippen molar-refractivity contribution in [3.8, 4) is 0 Å². The largest absolute Gasteiger partial charge is 0.265 e. The number of rotatable bonds is 1. The van der Waals surface area contributed by atoms with Gasteiger partial charge < -0.3 is 0 Å². The van der Waals surface area contributed by atoms with Gasteiger partial charge in [-0.2, -0.15) is 0 Å². The molecule has 14 heavy (non-hydrogen) atoms. The van der Waals surface area contributed by atoms with Crippen LogP contribution in [0.2, 0.25) is 0 Å². The zero-order valence-electron chi connectivity index (χ0n) is 6.73. The highest BCUT2D eigenvalue weighted by atomic mass is 79.9. The maximum atomic E-state index is 12.6. The van der Waals surface area contributed by atoms with Gasteiger partial charge in [-0.3, -0.25) is 0 Å². The number of hydrogen-bond donors (Lipinski definition) is 0. The molecule has 0 aliphatic heterocycles. The van der Waals surface area contributed by atoms with Crippen molar-refractivity contribution in [2.24, 2.45) is 0 Å². The molecule has 0 bridgehead atoms. The summed E-state index contributed by atoms with van der Waals surface area (Å²) in [4.78, 5) is 0. The van der Waals surface area contributed by atoms with Crippen molar-refractivity contribution in [1.82, 2.24) is 0 Å². The first-order valence-electron chi connectivity index (χ1n) is 3.74. The van der Waals surface area contributed by atoms with Crippen LogP contribution in [0.25, 0.3) is 10.1 Å². The normalized spacial score (nSPS) is 11.5. The average molecular weight is 342 g/mol. The number of fused-ring (bicyclic) bond motifs is 1. The van der Waals surface area contributed by atoms with Crippen molar-refractivity contribution in [3.63, 3.8) is 0 Å². The molecule has 0 amide bonds. The predicted octanol–water partition coefficient (Wildman–Crippen LogP) is 5.36. The standard InChI is InChI=1S/C9H4Br2F2S/c10-5-1-2-6-7(8(5)11)4(3-14-6)9(12)13/h1-3,9H. The van der Waals surface area contributed by atoms with E-state index in [1.54, 1.807) is 0 Å². The van der Waals surface area contributed by atoms with Gasteiger partial charge in [0.05, 0.1) is 0 Å². The molecule has 1 aromatic heterocycles. The van der Waals surface area contributed by atoms with Gasteiger partial charge in [0.25, 0.3) is 6.43 Å². The smallest absolute Gasteiger partial charge is 0.205 e. The van der Waals surface area contributed by atoms with Crippen LogP contribution < -0.4 is 0 Å². The summed E-state index contributed by atoms with van der Waals surface area (Å²) in [7, 11) is 0. The van der Waals surface area contributed by atoms with Gasteiger partial charge in [-0.25, -0.2) is 8.78 Å². The highest BCUT2D eigenvalue weighted by Gasteiger charge is 2.16. The molecule has 0 aliphatic carbocycles. The molecular weight excluding hydrogens is 338 g/mol. The van der Waals surface area contributed by atoms with Gasteiger partial charge in [-0.1, -0.05) is 0 Å². The summed E-state index contributed by atoms with van der Waals surface area (Å²) in [6.07, 6.45) is -2.42. The Morgan fingerprint density at radius 3 is 2.57 bits per heavy atom. The van der Waals surface area contributed by atoms with Crippen molar-refractivity contribution in [2.75, 3.05) is 0 Å². The molecule has 1 heterocycles. The van der Waals surface area contributed by atoms with Crippen molar-refractivity contribution in [2.45, 2.75) is 6.43 Å². The van der Waals surface area contributed by atoms with E-state index in [1.807, 2.05) is 12.1 Å². The van der Waals surface area contributed by atoms with Crippen LogP contribution in [-0.2, 0) is 0 Å². The minimum absolute atomic E-state index is 0.0955. The van der Waals surface area contributed by atoms with Gasteiger partial charge in [-0.15, -0.1) is 11.3 Å². The van der Waals surface area contributed by atoms with Gasteiger partial charge in [0.1, 0.15) is 0 Å². The Morgan fingerprint density at radius 2 is 1.93 bits per heavy atom. The quantitative estimate of drug-likeness (QED) is 0.654. The Morgan fingerprint density at radius 1 is 1.21 bits per heavy atom. The summed E-state index contributed by atoms with van der Waals surface area (Å²) in [6, 6.07) is 3.68. The topological polar surface area (TPSA) is 0 Å². The lowest BCUT2D eigenvalue weighted by atomic mass is 10.2. The summed E-state index contributed by atoms with van der Waals surface area (Å²) < 4.78 is 27.6. The monoisotopic (exact) mass is 340 g/mol. The Labute approximate surface area is 100 Å². The molecule has 5 heteroatoms. The summed E-state index contributed by atoms with van der Waals surface area (Å²) in [6.45, 7) is 0. The molecule has 0 N–H and O–H groups in total. The molecule has 0 aliphatic rings. The van der Waals surface area contributed by atoms with E-state index in [0.717, 1.165) is 9.17 Å². The highest BCUT2D eigenvalue weighted by molar-refractivity contribution is 9.13. The Balaban J connectivity index is 2.82. The minimum atomic E-state index is -2.42. The fourth-order valence-electron chi connectivity index (χ4n) is 1.25.